The number of anilines is 1. The second-order valence-corrected chi connectivity index (χ2v) is 5.40. The molecule has 1 aromatic rings. The molecule has 0 atom stereocenters. The Labute approximate surface area is 126 Å². The lowest BCUT2D eigenvalue weighted by Crippen LogP contribution is -2.34. The highest BCUT2D eigenvalue weighted by Crippen LogP contribution is 2.28. The average molecular weight is 292 g/mol. The van der Waals surface area contributed by atoms with E-state index in [1.165, 1.54) is 0 Å². The molecule has 1 aliphatic rings. The van der Waals surface area contributed by atoms with E-state index in [4.69, 9.17) is 15.2 Å². The first-order valence-corrected chi connectivity index (χ1v) is 7.48. The number of carbonyl (C=O) groups excluding carboxylic acids is 1. The van der Waals surface area contributed by atoms with Crippen LogP contribution in [-0.4, -0.2) is 44.2 Å². The Morgan fingerprint density at radius 3 is 2.81 bits per heavy atom. The van der Waals surface area contributed by atoms with Gasteiger partial charge in [0.2, 0.25) is 0 Å². The highest BCUT2D eigenvalue weighted by molar-refractivity contribution is 5.98. The van der Waals surface area contributed by atoms with Crippen LogP contribution in [0.15, 0.2) is 18.2 Å². The third-order valence-electron chi connectivity index (χ3n) is 3.78. The Hall–Kier alpha value is -1.75. The van der Waals surface area contributed by atoms with E-state index < -0.39 is 0 Å². The van der Waals surface area contributed by atoms with Crippen molar-refractivity contribution in [3.63, 3.8) is 0 Å². The van der Waals surface area contributed by atoms with Crippen molar-refractivity contribution in [3.05, 3.63) is 23.8 Å². The fourth-order valence-electron chi connectivity index (χ4n) is 2.63. The quantitative estimate of drug-likeness (QED) is 0.845. The minimum absolute atomic E-state index is 0.0442. The predicted octanol–water partition coefficient (Wildman–Crippen LogP) is 2.17. The lowest BCUT2D eigenvalue weighted by molar-refractivity contribution is 0.0496. The Morgan fingerprint density at radius 1 is 1.43 bits per heavy atom. The lowest BCUT2D eigenvalue weighted by Gasteiger charge is -2.27. The van der Waals surface area contributed by atoms with Gasteiger partial charge in [-0.2, -0.15) is 0 Å². The van der Waals surface area contributed by atoms with Gasteiger partial charge in [0.25, 0.3) is 5.91 Å². The van der Waals surface area contributed by atoms with Gasteiger partial charge >= 0.3 is 0 Å². The van der Waals surface area contributed by atoms with Crippen molar-refractivity contribution in [2.75, 3.05) is 39.1 Å². The topological polar surface area (TPSA) is 64.8 Å². The standard InChI is InChI=1S/C16H24N2O3/c1-3-21-15-13(5-4-6-14(15)17)16(19)18(2)11-12-7-9-20-10-8-12/h4-6,12H,3,7-11,17H2,1-2H3. The molecule has 21 heavy (non-hydrogen) atoms. The first-order chi connectivity index (χ1) is 10.1. The monoisotopic (exact) mass is 292 g/mol. The van der Waals surface area contributed by atoms with Crippen LogP contribution >= 0.6 is 0 Å². The first-order valence-electron chi connectivity index (χ1n) is 7.48. The van der Waals surface area contributed by atoms with Crippen molar-refractivity contribution in [2.45, 2.75) is 19.8 Å². The number of ether oxygens (including phenoxy) is 2. The van der Waals surface area contributed by atoms with Crippen LogP contribution in [0.4, 0.5) is 5.69 Å². The second-order valence-electron chi connectivity index (χ2n) is 5.40. The maximum atomic E-state index is 12.6. The van der Waals surface area contributed by atoms with Gasteiger partial charge in [-0.05, 0) is 37.8 Å². The van der Waals surface area contributed by atoms with Crippen LogP contribution in [0.2, 0.25) is 0 Å². The summed E-state index contributed by atoms with van der Waals surface area (Å²) in [7, 11) is 1.83. The minimum atomic E-state index is -0.0442. The zero-order chi connectivity index (χ0) is 15.2. The van der Waals surface area contributed by atoms with E-state index in [1.54, 1.807) is 23.1 Å². The number of carbonyl (C=O) groups is 1. The fraction of sp³-hybridized carbons (Fsp3) is 0.562. The third kappa shape index (κ3) is 3.88. The lowest BCUT2D eigenvalue weighted by atomic mass is 9.99. The van der Waals surface area contributed by atoms with Crippen molar-refractivity contribution < 1.29 is 14.3 Å². The van der Waals surface area contributed by atoms with Gasteiger partial charge in [-0.1, -0.05) is 6.07 Å². The summed E-state index contributed by atoms with van der Waals surface area (Å²) >= 11 is 0. The van der Waals surface area contributed by atoms with E-state index in [-0.39, 0.29) is 5.91 Å². The maximum Gasteiger partial charge on any atom is 0.257 e. The van der Waals surface area contributed by atoms with Crippen LogP contribution in [0, 0.1) is 5.92 Å². The summed E-state index contributed by atoms with van der Waals surface area (Å²) in [6.45, 7) is 4.68. The number of hydrogen-bond donors (Lipinski definition) is 1. The van der Waals surface area contributed by atoms with E-state index in [2.05, 4.69) is 0 Å². The van der Waals surface area contributed by atoms with Gasteiger partial charge in [-0.3, -0.25) is 4.79 Å². The van der Waals surface area contributed by atoms with Gasteiger partial charge in [0.15, 0.2) is 5.75 Å². The Bertz CT molecular complexity index is 484. The van der Waals surface area contributed by atoms with Gasteiger partial charge in [-0.15, -0.1) is 0 Å². The molecule has 0 aliphatic carbocycles. The SMILES string of the molecule is CCOc1c(N)cccc1C(=O)N(C)CC1CCOCC1. The van der Waals surface area contributed by atoms with Gasteiger partial charge in [-0.25, -0.2) is 0 Å². The Morgan fingerprint density at radius 2 is 2.14 bits per heavy atom. The van der Waals surface area contributed by atoms with Crippen molar-refractivity contribution >= 4 is 11.6 Å². The normalized spacial score (nSPS) is 15.7. The Kier molecular flexibility index (Phi) is 5.44. The molecular weight excluding hydrogens is 268 g/mol. The molecule has 1 heterocycles. The van der Waals surface area contributed by atoms with Crippen LogP contribution in [0.25, 0.3) is 0 Å². The molecule has 0 unspecified atom stereocenters. The summed E-state index contributed by atoms with van der Waals surface area (Å²) in [6, 6.07) is 5.30. The molecule has 5 heteroatoms. The molecule has 1 saturated heterocycles. The molecule has 0 saturated carbocycles. The van der Waals surface area contributed by atoms with Crippen LogP contribution in [-0.2, 0) is 4.74 Å². The third-order valence-corrected chi connectivity index (χ3v) is 3.78. The number of hydrogen-bond acceptors (Lipinski definition) is 4. The van der Waals surface area contributed by atoms with E-state index in [9.17, 15) is 4.79 Å². The fourth-order valence-corrected chi connectivity index (χ4v) is 2.63. The molecule has 0 spiro atoms. The summed E-state index contributed by atoms with van der Waals surface area (Å²) in [4.78, 5) is 14.4. The van der Waals surface area contributed by atoms with Gasteiger partial charge < -0.3 is 20.1 Å². The van der Waals surface area contributed by atoms with Crippen molar-refractivity contribution in [1.29, 1.82) is 0 Å². The summed E-state index contributed by atoms with van der Waals surface area (Å²) < 4.78 is 10.9. The smallest absolute Gasteiger partial charge is 0.257 e. The van der Waals surface area contributed by atoms with E-state index >= 15 is 0 Å². The molecular formula is C16H24N2O3. The molecule has 0 aromatic heterocycles. The number of para-hydroxylation sites is 1. The predicted molar refractivity (Wildman–Crippen MR) is 82.5 cm³/mol. The summed E-state index contributed by atoms with van der Waals surface area (Å²) in [5.41, 5.74) is 6.95. The molecule has 0 radical (unpaired) electrons. The molecule has 1 amide bonds. The number of benzene rings is 1. The average Bonchev–Trinajstić information content (AvgIpc) is 2.50. The van der Waals surface area contributed by atoms with Crippen LogP contribution < -0.4 is 10.5 Å². The highest BCUT2D eigenvalue weighted by atomic mass is 16.5. The first kappa shape index (κ1) is 15.6. The van der Waals surface area contributed by atoms with Gasteiger partial charge in [0.05, 0.1) is 17.9 Å². The summed E-state index contributed by atoms with van der Waals surface area (Å²) in [5, 5.41) is 0. The molecule has 5 nitrogen and oxygen atoms in total. The summed E-state index contributed by atoms with van der Waals surface area (Å²) in [6.07, 6.45) is 2.01. The minimum Gasteiger partial charge on any atom is -0.491 e. The highest BCUT2D eigenvalue weighted by Gasteiger charge is 2.22. The molecule has 1 aromatic carbocycles. The molecule has 2 rings (SSSR count). The molecule has 0 bridgehead atoms. The van der Waals surface area contributed by atoms with E-state index in [1.807, 2.05) is 14.0 Å². The van der Waals surface area contributed by atoms with Crippen molar-refractivity contribution in [3.8, 4) is 5.75 Å². The van der Waals surface area contributed by atoms with Crippen molar-refractivity contribution in [1.82, 2.24) is 4.90 Å². The zero-order valence-electron chi connectivity index (χ0n) is 12.8. The Balaban J connectivity index is 2.09. The number of nitrogens with zero attached hydrogens (tertiary/aromatic N) is 1. The van der Waals surface area contributed by atoms with Crippen LogP contribution in [0.3, 0.4) is 0 Å². The molecule has 1 aliphatic heterocycles. The maximum absolute atomic E-state index is 12.6. The zero-order valence-corrected chi connectivity index (χ0v) is 12.8. The largest absolute Gasteiger partial charge is 0.491 e. The molecule has 1 fully saturated rings. The van der Waals surface area contributed by atoms with E-state index in [0.717, 1.165) is 32.6 Å². The van der Waals surface area contributed by atoms with Crippen LogP contribution in [0.5, 0.6) is 5.75 Å². The molecule has 116 valence electrons. The van der Waals surface area contributed by atoms with Gasteiger partial charge in [0.1, 0.15) is 0 Å². The number of rotatable bonds is 5. The number of nitrogen functional groups attached to an aromatic ring is 1. The number of nitrogens with two attached hydrogens (primary N) is 1. The molecule has 2 N–H and O–H groups in total. The second kappa shape index (κ2) is 7.31. The van der Waals surface area contributed by atoms with Crippen LogP contribution in [0.1, 0.15) is 30.1 Å². The number of amides is 1. The van der Waals surface area contributed by atoms with Crippen molar-refractivity contribution in [2.24, 2.45) is 5.92 Å². The summed E-state index contributed by atoms with van der Waals surface area (Å²) in [5.74, 6) is 0.949. The van der Waals surface area contributed by atoms with Gasteiger partial charge in [0, 0.05) is 26.8 Å². The van der Waals surface area contributed by atoms with E-state index in [0.29, 0.717) is 29.5 Å².